The number of rotatable bonds is 2. The lowest BCUT2D eigenvalue weighted by atomic mass is 9.97. The first kappa shape index (κ1) is 16.6. The van der Waals surface area contributed by atoms with Crippen LogP contribution in [-0.2, 0) is 4.74 Å². The average molecular weight is 334 g/mol. The quantitative estimate of drug-likeness (QED) is 0.449. The van der Waals surface area contributed by atoms with Crippen molar-refractivity contribution in [1.82, 2.24) is 14.5 Å². The van der Waals surface area contributed by atoms with Gasteiger partial charge in [-0.05, 0) is 6.92 Å². The van der Waals surface area contributed by atoms with Crippen LogP contribution in [-0.4, -0.2) is 54.6 Å². The summed E-state index contributed by atoms with van der Waals surface area (Å²) < 4.78 is 18.5. The second-order valence-electron chi connectivity index (χ2n) is 4.73. The Morgan fingerprint density at radius 3 is 2.91 bits per heavy atom. The first-order valence-corrected chi connectivity index (χ1v) is 6.63. The van der Waals surface area contributed by atoms with E-state index in [4.69, 9.17) is 16.3 Å². The van der Waals surface area contributed by atoms with Gasteiger partial charge < -0.3 is 14.9 Å². The zero-order valence-corrected chi connectivity index (χ0v) is 12.1. The molecule has 1 aliphatic heterocycles. The second-order valence-corrected chi connectivity index (χ2v) is 5.35. The van der Waals surface area contributed by atoms with Gasteiger partial charge in [0.25, 0.3) is 0 Å². The number of aliphatic hydroxyl groups excluding tert-OH is 2. The van der Waals surface area contributed by atoms with Crippen LogP contribution in [0.25, 0.3) is 0 Å². The van der Waals surface area contributed by atoms with Gasteiger partial charge in [-0.15, -0.1) is 0 Å². The third-order valence-corrected chi connectivity index (χ3v) is 3.71. The topological polar surface area (TPSA) is 117 Å². The van der Waals surface area contributed by atoms with E-state index in [0.29, 0.717) is 0 Å². The highest BCUT2D eigenvalue weighted by atomic mass is 35.5. The highest BCUT2D eigenvalue weighted by Crippen LogP contribution is 2.43. The standard InChI is InChI=1S/C12H13ClFN3O5/c1-6(18)7-8(19)12(13,3-2-4-14)9(22-7)17-5-15-10(20)16-11(17)21/h5-9,18-19H,4H2,1H3,(H,16,20,21)/t6-,7-,8?,9-,12-/m1/s1. The van der Waals surface area contributed by atoms with E-state index in [1.165, 1.54) is 6.92 Å². The lowest BCUT2D eigenvalue weighted by Crippen LogP contribution is -2.45. The summed E-state index contributed by atoms with van der Waals surface area (Å²) in [7, 11) is 0. The fourth-order valence-corrected chi connectivity index (χ4v) is 2.53. The normalized spacial score (nSPS) is 32.3. The molecular weight excluding hydrogens is 321 g/mol. The predicted octanol–water partition coefficient (Wildman–Crippen LogP) is -1.48. The van der Waals surface area contributed by atoms with E-state index < -0.39 is 47.5 Å². The Balaban J connectivity index is 2.55. The third-order valence-electron chi connectivity index (χ3n) is 3.21. The van der Waals surface area contributed by atoms with Crippen LogP contribution in [0.4, 0.5) is 4.39 Å². The maximum absolute atomic E-state index is 12.3. The Hall–Kier alpha value is -1.73. The number of hydrogen-bond donors (Lipinski definition) is 3. The highest BCUT2D eigenvalue weighted by molar-refractivity contribution is 6.27. The maximum Gasteiger partial charge on any atom is 0.350 e. The van der Waals surface area contributed by atoms with Crippen LogP contribution < -0.4 is 11.4 Å². The fraction of sp³-hybridized carbons (Fsp3) is 0.583. The van der Waals surface area contributed by atoms with Crippen LogP contribution in [0.1, 0.15) is 13.2 Å². The van der Waals surface area contributed by atoms with Crippen LogP contribution in [0.2, 0.25) is 0 Å². The number of aromatic amines is 1. The molecule has 120 valence electrons. The summed E-state index contributed by atoms with van der Waals surface area (Å²) >= 11 is 6.25. The lowest BCUT2D eigenvalue weighted by Gasteiger charge is -2.25. The summed E-state index contributed by atoms with van der Waals surface area (Å²) in [6.07, 6.45) is -4.29. The molecule has 0 aromatic carbocycles. The van der Waals surface area contributed by atoms with Crippen molar-refractivity contribution >= 4 is 11.6 Å². The summed E-state index contributed by atoms with van der Waals surface area (Å²) in [5.41, 5.74) is -1.77. The molecule has 0 radical (unpaired) electrons. The van der Waals surface area contributed by atoms with Crippen molar-refractivity contribution in [3.05, 3.63) is 27.3 Å². The van der Waals surface area contributed by atoms with Gasteiger partial charge in [-0.25, -0.2) is 14.0 Å². The zero-order chi connectivity index (χ0) is 16.5. The van der Waals surface area contributed by atoms with E-state index in [0.717, 1.165) is 10.9 Å². The van der Waals surface area contributed by atoms with E-state index in [9.17, 15) is 24.2 Å². The van der Waals surface area contributed by atoms with Crippen LogP contribution in [0.3, 0.4) is 0 Å². The van der Waals surface area contributed by atoms with Gasteiger partial charge in [0.1, 0.15) is 25.2 Å². The van der Waals surface area contributed by atoms with Crippen molar-refractivity contribution in [2.45, 2.75) is 36.3 Å². The molecule has 5 atom stereocenters. The van der Waals surface area contributed by atoms with Crippen molar-refractivity contribution < 1.29 is 19.3 Å². The number of ether oxygens (including phenoxy) is 1. The van der Waals surface area contributed by atoms with Crippen LogP contribution in [0, 0.1) is 11.8 Å². The second kappa shape index (κ2) is 6.18. The van der Waals surface area contributed by atoms with E-state index in [1.54, 1.807) is 0 Å². The summed E-state index contributed by atoms with van der Waals surface area (Å²) in [6.45, 7) is 0.329. The number of nitrogens with zero attached hydrogens (tertiary/aromatic N) is 2. The van der Waals surface area contributed by atoms with Gasteiger partial charge in [0.05, 0.1) is 6.10 Å². The molecule has 10 heteroatoms. The number of halogens is 2. The number of hydrogen-bond acceptors (Lipinski definition) is 6. The Kier molecular flexibility index (Phi) is 4.67. The number of H-pyrrole nitrogens is 1. The Morgan fingerprint density at radius 1 is 1.68 bits per heavy atom. The number of alkyl halides is 2. The zero-order valence-electron chi connectivity index (χ0n) is 11.4. The molecule has 2 heterocycles. The van der Waals surface area contributed by atoms with Crippen LogP contribution in [0.15, 0.2) is 15.9 Å². The van der Waals surface area contributed by atoms with Crippen molar-refractivity contribution in [3.63, 3.8) is 0 Å². The molecule has 1 unspecified atom stereocenters. The first-order valence-electron chi connectivity index (χ1n) is 6.25. The molecule has 2 rings (SSSR count). The van der Waals surface area contributed by atoms with Gasteiger partial charge in [0.15, 0.2) is 11.1 Å². The largest absolute Gasteiger partial charge is 0.391 e. The SMILES string of the molecule is C[C@@H](O)[C@H]1O[C@@H](n2cnc(=O)[nH]c2=O)[C@@](Cl)(C#CCF)C1O. The van der Waals surface area contributed by atoms with Crippen molar-refractivity contribution in [1.29, 1.82) is 0 Å². The number of nitrogens with one attached hydrogen (secondary N) is 1. The van der Waals surface area contributed by atoms with Gasteiger partial charge >= 0.3 is 11.4 Å². The first-order chi connectivity index (χ1) is 10.3. The van der Waals surface area contributed by atoms with Gasteiger partial charge in [-0.3, -0.25) is 9.55 Å². The van der Waals surface area contributed by atoms with Crippen LogP contribution in [0.5, 0.6) is 0 Å². The average Bonchev–Trinajstić information content (AvgIpc) is 2.70. The molecule has 0 saturated carbocycles. The van der Waals surface area contributed by atoms with Gasteiger partial charge in [-0.1, -0.05) is 23.4 Å². The van der Waals surface area contributed by atoms with Gasteiger partial charge in [0.2, 0.25) is 0 Å². The van der Waals surface area contributed by atoms with Crippen LogP contribution >= 0.6 is 11.6 Å². The molecular formula is C12H13ClFN3O5. The molecule has 0 amide bonds. The third kappa shape index (κ3) is 2.78. The summed E-state index contributed by atoms with van der Waals surface area (Å²) in [4.78, 5) is 26.2. The molecule has 0 aliphatic carbocycles. The summed E-state index contributed by atoms with van der Waals surface area (Å²) in [5, 5.41) is 19.9. The van der Waals surface area contributed by atoms with Crippen molar-refractivity contribution in [3.8, 4) is 11.8 Å². The Bertz CT molecular complexity index is 724. The van der Waals surface area contributed by atoms with E-state index in [-0.39, 0.29) is 0 Å². The molecule has 0 bridgehead atoms. The molecule has 0 spiro atoms. The predicted molar refractivity (Wildman–Crippen MR) is 73.1 cm³/mol. The van der Waals surface area contributed by atoms with Crippen molar-refractivity contribution in [2.75, 3.05) is 6.67 Å². The number of aliphatic hydroxyl groups is 2. The minimum Gasteiger partial charge on any atom is -0.391 e. The minimum absolute atomic E-state index is 0.812. The molecule has 1 aliphatic rings. The monoisotopic (exact) mass is 333 g/mol. The molecule has 1 aromatic rings. The molecule has 3 N–H and O–H groups in total. The smallest absolute Gasteiger partial charge is 0.350 e. The van der Waals surface area contributed by atoms with Crippen molar-refractivity contribution in [2.24, 2.45) is 0 Å². The molecule has 1 fully saturated rings. The molecule has 1 aromatic heterocycles. The summed E-state index contributed by atoms with van der Waals surface area (Å²) in [5.74, 6) is 4.38. The summed E-state index contributed by atoms with van der Waals surface area (Å²) in [6, 6.07) is 0. The Labute approximate surface area is 128 Å². The van der Waals surface area contributed by atoms with Gasteiger partial charge in [0, 0.05) is 0 Å². The lowest BCUT2D eigenvalue weighted by molar-refractivity contribution is -0.0776. The molecule has 8 nitrogen and oxygen atoms in total. The fourth-order valence-electron chi connectivity index (χ4n) is 2.18. The molecule has 1 saturated heterocycles. The number of aromatic nitrogens is 3. The minimum atomic E-state index is -1.89. The van der Waals surface area contributed by atoms with Gasteiger partial charge in [-0.2, -0.15) is 4.98 Å². The Morgan fingerprint density at radius 2 is 2.36 bits per heavy atom. The molecule has 22 heavy (non-hydrogen) atoms. The highest BCUT2D eigenvalue weighted by Gasteiger charge is 2.57. The van der Waals surface area contributed by atoms with E-state index in [2.05, 4.69) is 16.8 Å². The van der Waals surface area contributed by atoms with E-state index >= 15 is 0 Å². The maximum atomic E-state index is 12.3. The van der Waals surface area contributed by atoms with E-state index in [1.807, 2.05) is 4.98 Å².